The Kier molecular flexibility index (Phi) is 5.71. The second-order valence-electron chi connectivity index (χ2n) is 7.07. The minimum atomic E-state index is -0.918. The number of nitrogens with zero attached hydrogens (tertiary/aromatic N) is 3. The fraction of sp³-hybridized carbons (Fsp3) is 0.333. The van der Waals surface area contributed by atoms with Crippen molar-refractivity contribution in [3.63, 3.8) is 0 Å². The molecular formula is C21H22N4O2S. The van der Waals surface area contributed by atoms with Gasteiger partial charge in [0.15, 0.2) is 11.6 Å². The van der Waals surface area contributed by atoms with E-state index in [0.29, 0.717) is 16.6 Å². The molecule has 28 heavy (non-hydrogen) atoms. The molecule has 144 valence electrons. The Morgan fingerprint density at radius 3 is 2.61 bits per heavy atom. The van der Waals surface area contributed by atoms with E-state index in [0.717, 1.165) is 10.9 Å². The van der Waals surface area contributed by atoms with Gasteiger partial charge in [-0.05, 0) is 38.0 Å². The van der Waals surface area contributed by atoms with Gasteiger partial charge in [0.2, 0.25) is 5.91 Å². The molecule has 2 heterocycles. The molecule has 3 rings (SSSR count). The third-order valence-corrected chi connectivity index (χ3v) is 5.84. The van der Waals surface area contributed by atoms with Crippen molar-refractivity contribution in [3.05, 3.63) is 42.7 Å². The number of hydrogen-bond acceptors (Lipinski definition) is 6. The summed E-state index contributed by atoms with van der Waals surface area (Å²) in [5.41, 5.74) is -0.137. The van der Waals surface area contributed by atoms with Gasteiger partial charge < -0.3 is 9.73 Å². The van der Waals surface area contributed by atoms with Crippen LogP contribution in [0.25, 0.3) is 22.5 Å². The second kappa shape index (κ2) is 8.03. The van der Waals surface area contributed by atoms with Crippen LogP contribution < -0.4 is 5.32 Å². The molecule has 1 amide bonds. The van der Waals surface area contributed by atoms with Gasteiger partial charge in [0.1, 0.15) is 10.6 Å². The Morgan fingerprint density at radius 1 is 1.21 bits per heavy atom. The second-order valence-corrected chi connectivity index (χ2v) is 8.39. The van der Waals surface area contributed by atoms with Crippen molar-refractivity contribution < 1.29 is 9.21 Å². The number of para-hydroxylation sites is 1. The maximum atomic E-state index is 12.7. The molecule has 0 saturated heterocycles. The largest absolute Gasteiger partial charge is 0.461 e. The fourth-order valence-corrected chi connectivity index (χ4v) is 3.47. The van der Waals surface area contributed by atoms with Gasteiger partial charge in [-0.3, -0.25) is 4.79 Å². The van der Waals surface area contributed by atoms with E-state index in [1.807, 2.05) is 45.0 Å². The number of benzene rings is 1. The molecule has 0 spiro atoms. The van der Waals surface area contributed by atoms with Crippen LogP contribution >= 0.6 is 11.8 Å². The molecule has 0 aliphatic heterocycles. The zero-order valence-electron chi connectivity index (χ0n) is 16.3. The molecule has 0 aliphatic carbocycles. The monoisotopic (exact) mass is 394 g/mol. The van der Waals surface area contributed by atoms with Gasteiger partial charge in [-0.1, -0.05) is 43.8 Å². The first-order valence-electron chi connectivity index (χ1n) is 9.04. The van der Waals surface area contributed by atoms with Crippen LogP contribution in [0.15, 0.2) is 52.1 Å². The molecule has 2 unspecified atom stereocenters. The number of nitrogens with one attached hydrogen (secondary N) is 1. The Labute approximate surface area is 168 Å². The summed E-state index contributed by atoms with van der Waals surface area (Å²) in [6, 6.07) is 13.5. The lowest BCUT2D eigenvalue weighted by Gasteiger charge is -2.28. The number of hydrogen-bond donors (Lipinski definition) is 1. The van der Waals surface area contributed by atoms with Gasteiger partial charge in [0.05, 0.1) is 23.1 Å². The summed E-state index contributed by atoms with van der Waals surface area (Å²) in [5.74, 6) is 0.832. The summed E-state index contributed by atoms with van der Waals surface area (Å²) in [6.45, 7) is 7.37. The Balaban J connectivity index is 1.91. The quantitative estimate of drug-likeness (QED) is 0.491. The molecule has 1 aromatic carbocycles. The number of carbonyl (C=O) groups excluding carboxylic acids is 1. The molecule has 7 heteroatoms. The zero-order valence-corrected chi connectivity index (χ0v) is 17.1. The van der Waals surface area contributed by atoms with Gasteiger partial charge in [-0.15, -0.1) is 0 Å². The molecule has 2 atom stereocenters. The molecule has 0 fully saturated rings. The summed E-state index contributed by atoms with van der Waals surface area (Å²) >= 11 is 1.34. The van der Waals surface area contributed by atoms with Crippen LogP contribution in [0.4, 0.5) is 0 Å². The van der Waals surface area contributed by atoms with Crippen molar-refractivity contribution in [3.8, 4) is 17.7 Å². The van der Waals surface area contributed by atoms with E-state index in [-0.39, 0.29) is 11.8 Å². The van der Waals surface area contributed by atoms with Crippen LogP contribution in [-0.4, -0.2) is 26.7 Å². The number of carbonyl (C=O) groups is 1. The van der Waals surface area contributed by atoms with E-state index in [1.54, 1.807) is 25.3 Å². The van der Waals surface area contributed by atoms with Crippen molar-refractivity contribution >= 4 is 28.6 Å². The van der Waals surface area contributed by atoms with Crippen LogP contribution in [-0.2, 0) is 4.79 Å². The highest BCUT2D eigenvalue weighted by Crippen LogP contribution is 2.31. The number of rotatable bonds is 6. The van der Waals surface area contributed by atoms with Gasteiger partial charge >= 0.3 is 0 Å². The summed E-state index contributed by atoms with van der Waals surface area (Å²) in [7, 11) is 0. The molecular weight excluding hydrogens is 372 g/mol. The Morgan fingerprint density at radius 2 is 1.96 bits per heavy atom. The van der Waals surface area contributed by atoms with Crippen molar-refractivity contribution in [2.24, 2.45) is 5.92 Å². The fourth-order valence-electron chi connectivity index (χ4n) is 2.53. The lowest BCUT2D eigenvalue weighted by Crippen LogP contribution is -2.51. The van der Waals surface area contributed by atoms with E-state index in [9.17, 15) is 10.1 Å². The van der Waals surface area contributed by atoms with Crippen LogP contribution in [0.5, 0.6) is 0 Å². The number of thioether (sulfide) groups is 1. The first-order chi connectivity index (χ1) is 13.3. The standard InChI is InChI=1S/C21H22N4O2S/c1-13(2)21(4,12-22)25-19(26)14(3)28-20-15-8-5-6-9-16(15)23-18(24-20)17-10-7-11-27-17/h5-11,13-14H,1-4H3,(H,25,26). The molecule has 3 aromatic rings. The maximum absolute atomic E-state index is 12.7. The van der Waals surface area contributed by atoms with Crippen LogP contribution in [0.2, 0.25) is 0 Å². The first-order valence-corrected chi connectivity index (χ1v) is 9.92. The predicted octanol–water partition coefficient (Wildman–Crippen LogP) is 4.42. The average molecular weight is 395 g/mol. The van der Waals surface area contributed by atoms with Crippen molar-refractivity contribution in [1.29, 1.82) is 5.26 Å². The number of amides is 1. The maximum Gasteiger partial charge on any atom is 0.234 e. The van der Waals surface area contributed by atoms with Crippen LogP contribution in [0, 0.1) is 17.2 Å². The highest BCUT2D eigenvalue weighted by molar-refractivity contribution is 8.00. The van der Waals surface area contributed by atoms with Gasteiger partial charge in [0, 0.05) is 5.39 Å². The molecule has 1 N–H and O–H groups in total. The smallest absolute Gasteiger partial charge is 0.234 e. The van der Waals surface area contributed by atoms with E-state index in [1.165, 1.54) is 11.8 Å². The first kappa shape index (κ1) is 19.9. The topological polar surface area (TPSA) is 91.8 Å². The summed E-state index contributed by atoms with van der Waals surface area (Å²) in [5, 5.41) is 13.5. The van der Waals surface area contributed by atoms with Crippen LogP contribution in [0.1, 0.15) is 27.7 Å². The summed E-state index contributed by atoms with van der Waals surface area (Å²) < 4.78 is 5.43. The van der Waals surface area contributed by atoms with Gasteiger partial charge in [-0.25, -0.2) is 9.97 Å². The molecule has 0 saturated carbocycles. The molecule has 0 aliphatic rings. The zero-order chi connectivity index (χ0) is 20.3. The molecule has 6 nitrogen and oxygen atoms in total. The third kappa shape index (κ3) is 4.02. The summed E-state index contributed by atoms with van der Waals surface area (Å²) in [6.07, 6.45) is 1.57. The van der Waals surface area contributed by atoms with Gasteiger partial charge in [0.25, 0.3) is 0 Å². The third-order valence-electron chi connectivity index (χ3n) is 4.74. The lowest BCUT2D eigenvalue weighted by atomic mass is 9.90. The highest BCUT2D eigenvalue weighted by atomic mass is 32.2. The van der Waals surface area contributed by atoms with E-state index in [4.69, 9.17) is 4.42 Å². The predicted molar refractivity (Wildman–Crippen MR) is 110 cm³/mol. The molecule has 2 aromatic heterocycles. The lowest BCUT2D eigenvalue weighted by molar-refractivity contribution is -0.121. The number of aromatic nitrogens is 2. The number of nitriles is 1. The van der Waals surface area contributed by atoms with Crippen molar-refractivity contribution in [2.75, 3.05) is 0 Å². The minimum absolute atomic E-state index is 0.0101. The Bertz CT molecular complexity index is 1030. The van der Waals surface area contributed by atoms with Crippen molar-refractivity contribution in [2.45, 2.75) is 43.5 Å². The van der Waals surface area contributed by atoms with E-state index in [2.05, 4.69) is 21.4 Å². The molecule has 0 bridgehead atoms. The van der Waals surface area contributed by atoms with Gasteiger partial charge in [-0.2, -0.15) is 5.26 Å². The SMILES string of the molecule is CC(Sc1nc(-c2ccco2)nc2ccccc12)C(=O)NC(C)(C#N)C(C)C. The Hall–Kier alpha value is -2.85. The number of fused-ring (bicyclic) bond motifs is 1. The van der Waals surface area contributed by atoms with Crippen molar-refractivity contribution in [1.82, 2.24) is 15.3 Å². The minimum Gasteiger partial charge on any atom is -0.461 e. The van der Waals surface area contributed by atoms with E-state index >= 15 is 0 Å². The number of furan rings is 1. The summed E-state index contributed by atoms with van der Waals surface area (Å²) in [4.78, 5) is 21.9. The normalized spacial score (nSPS) is 14.4. The average Bonchev–Trinajstić information content (AvgIpc) is 3.22. The van der Waals surface area contributed by atoms with E-state index < -0.39 is 10.8 Å². The highest BCUT2D eigenvalue weighted by Gasteiger charge is 2.32. The molecule has 0 radical (unpaired) electrons. The van der Waals surface area contributed by atoms with Crippen LogP contribution in [0.3, 0.4) is 0 Å².